The Morgan fingerprint density at radius 1 is 1.11 bits per heavy atom. The quantitative estimate of drug-likeness (QED) is 0.527. The zero-order valence-corrected chi connectivity index (χ0v) is 16.2. The Morgan fingerprint density at radius 3 is 2.52 bits per heavy atom. The monoisotopic (exact) mass is 368 g/mol. The number of hydrogen-bond donors (Lipinski definition) is 0. The molecule has 0 saturated carbocycles. The van der Waals surface area contributed by atoms with Gasteiger partial charge in [-0.05, 0) is 29.8 Å². The Labute approximate surface area is 161 Å². The molecule has 1 aromatic carbocycles. The first-order valence-electron chi connectivity index (χ1n) is 9.41. The van der Waals surface area contributed by atoms with E-state index in [0.29, 0.717) is 13.0 Å². The highest BCUT2D eigenvalue weighted by Gasteiger charge is 2.18. The highest BCUT2D eigenvalue weighted by Crippen LogP contribution is 2.29. The maximum atomic E-state index is 10.5. The standard InChI is InChI=1S/C21H28N4O2/c1-23(2)20-16-18(4-5-21(20)27-15-3-14-26)17-24-10-12-25(13-11-24)19-6-8-22-9-7-19/h4-9,14,16H,3,10-13,15,17H2,1-2H3. The summed E-state index contributed by atoms with van der Waals surface area (Å²) in [5.41, 5.74) is 3.57. The van der Waals surface area contributed by atoms with Gasteiger partial charge in [0.25, 0.3) is 0 Å². The van der Waals surface area contributed by atoms with Crippen molar-refractivity contribution < 1.29 is 9.53 Å². The zero-order valence-electron chi connectivity index (χ0n) is 16.2. The Morgan fingerprint density at radius 2 is 1.85 bits per heavy atom. The van der Waals surface area contributed by atoms with Crippen LogP contribution in [0.15, 0.2) is 42.7 Å². The molecule has 6 nitrogen and oxygen atoms in total. The van der Waals surface area contributed by atoms with Crippen molar-refractivity contribution in [1.82, 2.24) is 9.88 Å². The average Bonchev–Trinajstić information content (AvgIpc) is 2.70. The molecule has 0 atom stereocenters. The van der Waals surface area contributed by atoms with Crippen LogP contribution >= 0.6 is 0 Å². The number of aldehydes is 1. The molecule has 6 heteroatoms. The minimum Gasteiger partial charge on any atom is -0.491 e. The van der Waals surface area contributed by atoms with Crippen molar-refractivity contribution in [2.24, 2.45) is 0 Å². The van der Waals surface area contributed by atoms with Crippen molar-refractivity contribution in [1.29, 1.82) is 0 Å². The van der Waals surface area contributed by atoms with Crippen LogP contribution in [0.5, 0.6) is 5.75 Å². The maximum Gasteiger partial charge on any atom is 0.142 e. The van der Waals surface area contributed by atoms with Gasteiger partial charge in [-0.2, -0.15) is 0 Å². The summed E-state index contributed by atoms with van der Waals surface area (Å²) in [5, 5.41) is 0. The van der Waals surface area contributed by atoms with Crippen molar-refractivity contribution in [2.45, 2.75) is 13.0 Å². The minimum atomic E-state index is 0.413. The number of carbonyl (C=O) groups is 1. The van der Waals surface area contributed by atoms with E-state index in [9.17, 15) is 4.79 Å². The number of ether oxygens (including phenoxy) is 1. The zero-order chi connectivity index (χ0) is 19.1. The number of benzene rings is 1. The second-order valence-electron chi connectivity index (χ2n) is 6.97. The number of pyridine rings is 1. The topological polar surface area (TPSA) is 48.9 Å². The first-order valence-corrected chi connectivity index (χ1v) is 9.41. The predicted octanol–water partition coefficient (Wildman–Crippen LogP) is 2.44. The van der Waals surface area contributed by atoms with Gasteiger partial charge >= 0.3 is 0 Å². The Kier molecular flexibility index (Phi) is 6.65. The van der Waals surface area contributed by atoms with Gasteiger partial charge in [-0.3, -0.25) is 9.88 Å². The van der Waals surface area contributed by atoms with E-state index in [-0.39, 0.29) is 0 Å². The molecule has 27 heavy (non-hydrogen) atoms. The molecule has 1 saturated heterocycles. The van der Waals surface area contributed by atoms with Crippen molar-refractivity contribution in [2.75, 3.05) is 56.7 Å². The van der Waals surface area contributed by atoms with Crippen molar-refractivity contribution >= 4 is 17.7 Å². The number of anilines is 2. The summed E-state index contributed by atoms with van der Waals surface area (Å²) in [7, 11) is 4.03. The summed E-state index contributed by atoms with van der Waals surface area (Å²) >= 11 is 0. The normalized spacial score (nSPS) is 14.8. The lowest BCUT2D eigenvalue weighted by atomic mass is 10.1. The van der Waals surface area contributed by atoms with Crippen molar-refractivity contribution in [3.63, 3.8) is 0 Å². The van der Waals surface area contributed by atoms with Gasteiger partial charge in [0.2, 0.25) is 0 Å². The van der Waals surface area contributed by atoms with E-state index in [1.165, 1.54) is 11.3 Å². The fourth-order valence-corrected chi connectivity index (χ4v) is 3.33. The molecule has 0 aliphatic carbocycles. The van der Waals surface area contributed by atoms with Crippen LogP contribution in [0.1, 0.15) is 12.0 Å². The van der Waals surface area contributed by atoms with Gasteiger partial charge in [0.05, 0.1) is 12.3 Å². The Hall–Kier alpha value is -2.60. The summed E-state index contributed by atoms with van der Waals surface area (Å²) in [6, 6.07) is 10.5. The number of carbonyl (C=O) groups excluding carboxylic acids is 1. The molecule has 2 heterocycles. The molecule has 0 radical (unpaired) electrons. The van der Waals surface area contributed by atoms with E-state index < -0.39 is 0 Å². The van der Waals surface area contributed by atoms with E-state index in [1.807, 2.05) is 32.6 Å². The van der Waals surface area contributed by atoms with E-state index in [0.717, 1.165) is 50.4 Å². The lowest BCUT2D eigenvalue weighted by Crippen LogP contribution is -2.45. The SMILES string of the molecule is CN(C)c1cc(CN2CCN(c3ccncc3)CC2)ccc1OCCC=O. The average molecular weight is 368 g/mol. The highest BCUT2D eigenvalue weighted by molar-refractivity contribution is 5.59. The van der Waals surface area contributed by atoms with Crippen LogP contribution < -0.4 is 14.5 Å². The third kappa shape index (κ3) is 5.20. The number of hydrogen-bond acceptors (Lipinski definition) is 6. The third-order valence-corrected chi connectivity index (χ3v) is 4.80. The number of piperazine rings is 1. The largest absolute Gasteiger partial charge is 0.491 e. The number of nitrogens with zero attached hydrogens (tertiary/aromatic N) is 4. The van der Waals surface area contributed by atoms with Gasteiger partial charge in [-0.25, -0.2) is 0 Å². The summed E-state index contributed by atoms with van der Waals surface area (Å²) in [5.74, 6) is 0.827. The smallest absolute Gasteiger partial charge is 0.142 e. The molecule has 0 spiro atoms. The first kappa shape index (κ1) is 19.2. The molecule has 1 aliphatic rings. The fraction of sp³-hybridized carbons (Fsp3) is 0.429. The van der Waals surface area contributed by atoms with Gasteiger partial charge in [-0.1, -0.05) is 6.07 Å². The van der Waals surface area contributed by atoms with Gasteiger partial charge in [0.1, 0.15) is 12.0 Å². The minimum absolute atomic E-state index is 0.413. The maximum absolute atomic E-state index is 10.5. The molecule has 0 N–H and O–H groups in total. The van der Waals surface area contributed by atoms with Crippen LogP contribution in [0.4, 0.5) is 11.4 Å². The first-order chi connectivity index (χ1) is 13.2. The predicted molar refractivity (Wildman–Crippen MR) is 109 cm³/mol. The van der Waals surface area contributed by atoms with Gasteiger partial charge < -0.3 is 19.3 Å². The second kappa shape index (κ2) is 9.37. The Balaban J connectivity index is 1.59. The molecule has 1 aliphatic heterocycles. The molecule has 0 bridgehead atoms. The molecular weight excluding hydrogens is 340 g/mol. The number of aromatic nitrogens is 1. The highest BCUT2D eigenvalue weighted by atomic mass is 16.5. The summed E-state index contributed by atoms with van der Waals surface area (Å²) in [6.45, 7) is 5.48. The van der Waals surface area contributed by atoms with Crippen LogP contribution in [0.3, 0.4) is 0 Å². The lowest BCUT2D eigenvalue weighted by molar-refractivity contribution is -0.108. The third-order valence-electron chi connectivity index (χ3n) is 4.80. The van der Waals surface area contributed by atoms with Gasteiger partial charge in [0.15, 0.2) is 0 Å². The van der Waals surface area contributed by atoms with Crippen LogP contribution in [-0.4, -0.2) is 63.1 Å². The molecule has 1 fully saturated rings. The molecule has 0 unspecified atom stereocenters. The molecule has 2 aromatic rings. The van der Waals surface area contributed by atoms with Crippen LogP contribution in [0.2, 0.25) is 0 Å². The van der Waals surface area contributed by atoms with E-state index in [1.54, 1.807) is 0 Å². The van der Waals surface area contributed by atoms with Crippen LogP contribution in [-0.2, 0) is 11.3 Å². The van der Waals surface area contributed by atoms with Crippen LogP contribution in [0.25, 0.3) is 0 Å². The van der Waals surface area contributed by atoms with Gasteiger partial charge in [-0.15, -0.1) is 0 Å². The van der Waals surface area contributed by atoms with E-state index >= 15 is 0 Å². The summed E-state index contributed by atoms with van der Waals surface area (Å²) in [6.07, 6.45) is 5.00. The summed E-state index contributed by atoms with van der Waals surface area (Å²) in [4.78, 5) is 21.5. The van der Waals surface area contributed by atoms with Crippen molar-refractivity contribution in [3.05, 3.63) is 48.3 Å². The second-order valence-corrected chi connectivity index (χ2v) is 6.97. The molecule has 3 rings (SSSR count). The summed E-state index contributed by atoms with van der Waals surface area (Å²) < 4.78 is 5.75. The molecular formula is C21H28N4O2. The lowest BCUT2D eigenvalue weighted by Gasteiger charge is -2.36. The van der Waals surface area contributed by atoms with Crippen molar-refractivity contribution in [3.8, 4) is 5.75 Å². The van der Waals surface area contributed by atoms with E-state index in [4.69, 9.17) is 4.74 Å². The number of rotatable bonds is 8. The van der Waals surface area contributed by atoms with E-state index in [2.05, 4.69) is 43.9 Å². The Bertz CT molecular complexity index is 728. The molecule has 1 aromatic heterocycles. The fourth-order valence-electron chi connectivity index (χ4n) is 3.33. The van der Waals surface area contributed by atoms with Gasteiger partial charge in [0, 0.05) is 71.3 Å². The molecule has 0 amide bonds. The van der Waals surface area contributed by atoms with Crippen LogP contribution in [0, 0.1) is 0 Å². The molecule has 144 valence electrons.